The van der Waals surface area contributed by atoms with E-state index in [1.807, 2.05) is 0 Å². The Hall–Kier alpha value is -0.458. The molecule has 0 aromatic carbocycles. The van der Waals surface area contributed by atoms with Crippen molar-refractivity contribution in [3.63, 3.8) is 0 Å². The Labute approximate surface area is 97.7 Å². The van der Waals surface area contributed by atoms with Gasteiger partial charge in [-0.3, -0.25) is 14.4 Å². The maximum absolute atomic E-state index is 11.4. The Balaban J connectivity index is 2.78. The second-order valence-electron chi connectivity index (χ2n) is 2.82. The van der Waals surface area contributed by atoms with E-state index >= 15 is 0 Å². The fraction of sp³-hybridized carbons (Fsp3) is 0.333. The molecule has 8 heteroatoms. The maximum atomic E-state index is 11.4. The van der Waals surface area contributed by atoms with E-state index in [0.29, 0.717) is 0 Å². The van der Waals surface area contributed by atoms with Gasteiger partial charge in [0.15, 0.2) is 14.3 Å². The zero-order valence-electron chi connectivity index (χ0n) is 7.48. The summed E-state index contributed by atoms with van der Waals surface area (Å²) in [5.41, 5.74) is 0. The van der Waals surface area contributed by atoms with Crippen LogP contribution in [0.5, 0.6) is 0 Å². The van der Waals surface area contributed by atoms with Crippen molar-refractivity contribution in [1.82, 2.24) is 9.80 Å². The quantitative estimate of drug-likeness (QED) is 0.225. The highest BCUT2D eigenvalue weighted by Gasteiger charge is 2.59. The van der Waals surface area contributed by atoms with Crippen LogP contribution in [0.25, 0.3) is 0 Å². The van der Waals surface area contributed by atoms with Crippen molar-refractivity contribution in [2.75, 3.05) is 14.1 Å². The normalized spacial score (nSPS) is 15.4. The summed E-state index contributed by atoms with van der Waals surface area (Å²) in [6, 6.07) is 0. The van der Waals surface area contributed by atoms with Crippen LogP contribution in [-0.2, 0) is 0 Å². The zero-order chi connectivity index (χ0) is 11.0. The highest BCUT2D eigenvalue weighted by Crippen LogP contribution is 2.13. The van der Waals surface area contributed by atoms with E-state index < -0.39 is 32.4 Å². The van der Waals surface area contributed by atoms with Gasteiger partial charge < -0.3 is 37.2 Å². The first kappa shape index (κ1) is 11.6. The average molecular weight is 324 g/mol. The molecule has 1 heterocycles. The largest absolute Gasteiger partial charge is 0.689 e. The molecule has 1 fully saturated rings. The first-order valence-electron chi connectivity index (χ1n) is 3.66. The molecule has 0 aromatic rings. The predicted molar refractivity (Wildman–Crippen MR) is 42.9 cm³/mol. The van der Waals surface area contributed by atoms with Crippen molar-refractivity contribution in [3.8, 4) is 0 Å². The molecule has 0 atom stereocenters. The number of rotatable bonds is 1. The summed E-state index contributed by atoms with van der Waals surface area (Å²) in [6.45, 7) is 0. The van der Waals surface area contributed by atoms with Crippen LogP contribution in [0.3, 0.4) is 0 Å². The Bertz CT molecular complexity index is 329. The van der Waals surface area contributed by atoms with Gasteiger partial charge in [-0.25, -0.2) is 0 Å². The van der Waals surface area contributed by atoms with Gasteiger partial charge in [-0.15, -0.1) is 0 Å². The summed E-state index contributed by atoms with van der Waals surface area (Å²) in [4.78, 5) is 46.3. The van der Waals surface area contributed by atoms with Gasteiger partial charge in [0.1, 0.15) is 0 Å². The molecule has 0 spiro atoms. The molecule has 1 aliphatic rings. The number of carbonyl (C=O) groups excluding carboxylic acids is 4. The molecule has 6 nitrogen and oxygen atoms in total. The van der Waals surface area contributed by atoms with Crippen LogP contribution in [-0.4, -0.2) is 56.3 Å². The van der Waals surface area contributed by atoms with Crippen molar-refractivity contribution in [2.45, 2.75) is 0 Å². The lowest BCUT2D eigenvalue weighted by Gasteiger charge is -2.32. The Kier molecular flexibility index (Phi) is 3.29. The van der Waals surface area contributed by atoms with Gasteiger partial charge in [0, 0.05) is 14.1 Å². The molecule has 0 unspecified atom stereocenters. The van der Waals surface area contributed by atoms with Gasteiger partial charge >= 0.3 is 14.1 Å². The number of nitrogens with zero attached hydrogens (tertiary/aromatic N) is 2. The molecule has 0 bridgehead atoms. The molecule has 75 valence electrons. The second kappa shape index (κ2) is 3.96. The summed E-state index contributed by atoms with van der Waals surface area (Å²) in [5.74, 6) is 0. The highest BCUT2D eigenvalue weighted by molar-refractivity contribution is 7.32. The number of halogens is 1. The number of amides is 4. The number of hydrogen-bond acceptors (Lipinski definition) is 4. The molecular weight excluding hydrogens is 318 g/mol. The van der Waals surface area contributed by atoms with Crippen LogP contribution < -0.4 is 22.6 Å². The smallest absolute Gasteiger partial charge is 0.650 e. The maximum Gasteiger partial charge on any atom is 0.650 e. The lowest BCUT2D eigenvalue weighted by Crippen LogP contribution is -3.39. The second-order valence-corrected chi connectivity index (χ2v) is 6.09. The van der Waals surface area contributed by atoms with Crippen LogP contribution >= 0.6 is 0 Å². The predicted octanol–water partition coefficient (Wildman–Crippen LogP) is -2.86. The van der Waals surface area contributed by atoms with Gasteiger partial charge in [-0.05, 0) is 0 Å². The van der Waals surface area contributed by atoms with Gasteiger partial charge in [0.25, 0.3) is 0 Å². The molecule has 4 amide bonds. The Morgan fingerprint density at radius 1 is 1.36 bits per heavy atom. The van der Waals surface area contributed by atoms with E-state index in [1.165, 1.54) is 36.7 Å². The summed E-state index contributed by atoms with van der Waals surface area (Å²) in [6.07, 6.45) is 0. The third-order valence-corrected chi connectivity index (χ3v) is 5.36. The highest BCUT2D eigenvalue weighted by atomic mass is 127. The van der Waals surface area contributed by atoms with E-state index in [-0.39, 0.29) is 0 Å². The molecule has 0 N–H and O–H groups in total. The monoisotopic (exact) mass is 324 g/mol. The van der Waals surface area contributed by atoms with Crippen LogP contribution in [0.4, 0.5) is 19.2 Å². The fourth-order valence-corrected chi connectivity index (χ4v) is 3.49. The van der Waals surface area contributed by atoms with E-state index in [9.17, 15) is 19.2 Å². The van der Waals surface area contributed by atoms with Crippen LogP contribution in [0.15, 0.2) is 0 Å². The summed E-state index contributed by atoms with van der Waals surface area (Å²) in [7, 11) is 2.59. The third-order valence-electron chi connectivity index (χ3n) is 2.00. The number of imide groups is 2. The number of hydrogen-bond donors (Lipinski definition) is 0. The molecule has 1 radical (unpaired) electrons. The zero-order valence-corrected chi connectivity index (χ0v) is 10.8. The molecule has 1 saturated heterocycles. The molecule has 1 aliphatic heterocycles. The minimum Gasteiger partial charge on any atom is -0.689 e. The first-order valence-corrected chi connectivity index (χ1v) is 6.47. The van der Waals surface area contributed by atoms with Crippen molar-refractivity contribution < 1.29 is 41.8 Å². The average Bonchev–Trinajstić information content (AvgIpc) is 2.15. The fourth-order valence-electron chi connectivity index (χ4n) is 1.03. The van der Waals surface area contributed by atoms with Crippen molar-refractivity contribution in [2.24, 2.45) is 0 Å². The molecule has 1 rings (SSSR count). The molecule has 14 heavy (non-hydrogen) atoms. The Morgan fingerprint density at radius 3 is 2.14 bits per heavy atom. The van der Waals surface area contributed by atoms with Gasteiger partial charge in [0.05, 0.1) is 3.91 Å². The summed E-state index contributed by atoms with van der Waals surface area (Å²) < 4.78 is -1.97. The van der Waals surface area contributed by atoms with Crippen molar-refractivity contribution in [3.05, 3.63) is 0 Å². The van der Waals surface area contributed by atoms with Crippen molar-refractivity contribution >= 4 is 32.4 Å². The molecule has 0 aromatic heterocycles. The van der Waals surface area contributed by atoms with Gasteiger partial charge in [-0.1, -0.05) is 0 Å². The van der Waals surface area contributed by atoms with Crippen LogP contribution in [0.2, 0.25) is 0 Å². The van der Waals surface area contributed by atoms with Crippen LogP contribution in [0, 0.1) is 0 Å². The molecule has 0 saturated carbocycles. The minimum atomic E-state index is -2.75. The van der Waals surface area contributed by atoms with Crippen molar-refractivity contribution in [1.29, 1.82) is 0 Å². The molecule has 0 aliphatic carbocycles. The standard InChI is InChI=1S/C3H3INO2.C3H3NO2.Al/c1-5(2-6)3(4)7;1-4(2-5)3-6;/h1H3;1H3;/q-1;;. The lowest BCUT2D eigenvalue weighted by molar-refractivity contribution is -0.259. The molecular formula is C6H6AlIN2O4-. The summed E-state index contributed by atoms with van der Waals surface area (Å²) >= 11 is -1.32. The lowest BCUT2D eigenvalue weighted by atomic mass is 10.9. The third kappa shape index (κ3) is 1.69. The van der Waals surface area contributed by atoms with E-state index in [2.05, 4.69) is 0 Å². The summed E-state index contributed by atoms with van der Waals surface area (Å²) in [5, 5.41) is 0. The van der Waals surface area contributed by atoms with Crippen LogP contribution in [0.1, 0.15) is 0 Å². The van der Waals surface area contributed by atoms with E-state index in [4.69, 9.17) is 0 Å². The first-order chi connectivity index (χ1) is 6.37. The van der Waals surface area contributed by atoms with Gasteiger partial charge in [-0.2, -0.15) is 0 Å². The topological polar surface area (TPSA) is 74.8 Å². The SMILES string of the molecule is CN(C(=O)[I-])[C](=O)[Al]1[C](=O)N(C)[C]1=O. The Morgan fingerprint density at radius 2 is 1.79 bits per heavy atom. The van der Waals surface area contributed by atoms with E-state index in [0.717, 1.165) is 9.80 Å². The number of carbonyl (C=O) groups is 4. The van der Waals surface area contributed by atoms with E-state index in [1.54, 1.807) is 0 Å². The minimum absolute atomic E-state index is 0.426. The van der Waals surface area contributed by atoms with Gasteiger partial charge in [0.2, 0.25) is 0 Å².